The molecule has 8 heteroatoms. The van der Waals surface area contributed by atoms with Crippen LogP contribution in [0.25, 0.3) is 0 Å². The summed E-state index contributed by atoms with van der Waals surface area (Å²) in [5, 5.41) is 11.4. The highest BCUT2D eigenvalue weighted by Crippen LogP contribution is 2.23. The summed E-state index contributed by atoms with van der Waals surface area (Å²) < 4.78 is 0. The number of carbonyl (C=O) groups is 2. The molecule has 1 aromatic carbocycles. The Morgan fingerprint density at radius 3 is 2.45 bits per heavy atom. The first-order chi connectivity index (χ1) is 14.1. The van der Waals surface area contributed by atoms with Gasteiger partial charge in [0.25, 0.3) is 0 Å². The molecule has 1 aromatic heterocycles. The van der Waals surface area contributed by atoms with E-state index in [-0.39, 0.29) is 17.7 Å². The molecule has 0 radical (unpaired) electrons. The van der Waals surface area contributed by atoms with Crippen LogP contribution >= 0.6 is 11.6 Å². The van der Waals surface area contributed by atoms with E-state index < -0.39 is 0 Å². The van der Waals surface area contributed by atoms with Crippen LogP contribution in [-0.2, 0) is 16.1 Å². The average molecular weight is 414 g/mol. The molecule has 1 N–H and O–H groups in total. The second kappa shape index (κ2) is 8.78. The molecule has 2 aromatic rings. The van der Waals surface area contributed by atoms with Crippen molar-refractivity contribution < 1.29 is 9.59 Å². The van der Waals surface area contributed by atoms with Gasteiger partial charge in [0, 0.05) is 44.2 Å². The molecule has 0 unspecified atom stereocenters. The second-order valence-corrected chi connectivity index (χ2v) is 7.90. The van der Waals surface area contributed by atoms with E-state index in [0.717, 1.165) is 56.0 Å². The topological polar surface area (TPSA) is 78.4 Å². The van der Waals surface area contributed by atoms with Gasteiger partial charge in [0.2, 0.25) is 11.8 Å². The first-order valence-electron chi connectivity index (χ1n) is 10.0. The van der Waals surface area contributed by atoms with Crippen LogP contribution in [-0.4, -0.2) is 41.6 Å². The number of nitrogens with one attached hydrogen (secondary N) is 1. The summed E-state index contributed by atoms with van der Waals surface area (Å²) in [6, 6.07) is 11.4. The van der Waals surface area contributed by atoms with Crippen LogP contribution in [0.2, 0.25) is 5.15 Å². The van der Waals surface area contributed by atoms with Gasteiger partial charge in [-0.15, -0.1) is 10.2 Å². The van der Waals surface area contributed by atoms with Crippen LogP contribution in [0.4, 0.5) is 11.5 Å². The van der Waals surface area contributed by atoms with Gasteiger partial charge in [0.1, 0.15) is 0 Å². The van der Waals surface area contributed by atoms with E-state index in [4.69, 9.17) is 11.6 Å². The van der Waals surface area contributed by atoms with Crippen molar-refractivity contribution in [3.63, 3.8) is 0 Å². The Kier molecular flexibility index (Phi) is 5.94. The number of carbonyl (C=O) groups excluding carboxylic acids is 2. The largest absolute Gasteiger partial charge is 0.355 e. The van der Waals surface area contributed by atoms with Gasteiger partial charge >= 0.3 is 0 Å². The number of benzene rings is 1. The number of anilines is 2. The number of halogens is 1. The van der Waals surface area contributed by atoms with Crippen LogP contribution < -0.4 is 15.1 Å². The lowest BCUT2D eigenvalue weighted by Crippen LogP contribution is -2.40. The van der Waals surface area contributed by atoms with Gasteiger partial charge in [0.05, 0.1) is 0 Å². The van der Waals surface area contributed by atoms with Crippen LogP contribution in [0.1, 0.15) is 31.2 Å². The van der Waals surface area contributed by atoms with Crippen molar-refractivity contribution in [2.75, 3.05) is 29.4 Å². The fourth-order valence-electron chi connectivity index (χ4n) is 3.90. The molecule has 2 amide bonds. The summed E-state index contributed by atoms with van der Waals surface area (Å²) in [6.45, 7) is 2.82. The van der Waals surface area contributed by atoms with E-state index >= 15 is 0 Å². The Bertz CT molecular complexity index is 864. The number of aromatic nitrogens is 2. The van der Waals surface area contributed by atoms with Gasteiger partial charge in [-0.05, 0) is 49.1 Å². The Morgan fingerprint density at radius 1 is 1.07 bits per heavy atom. The van der Waals surface area contributed by atoms with Crippen molar-refractivity contribution in [2.45, 2.75) is 32.2 Å². The predicted octanol–water partition coefficient (Wildman–Crippen LogP) is 2.79. The van der Waals surface area contributed by atoms with E-state index in [0.29, 0.717) is 18.1 Å². The molecule has 0 spiro atoms. The Morgan fingerprint density at radius 2 is 1.83 bits per heavy atom. The normalized spacial score (nSPS) is 17.6. The standard InChI is InChI=1S/C21H24ClN5O2/c22-18-7-8-19(25-24-18)26-12-9-16(10-13-26)21(29)23-14-15-3-5-17(6-4-15)27-11-1-2-20(27)28/h3-8,16H,1-2,9-14H2,(H,23,29). The molecular weight excluding hydrogens is 390 g/mol. The maximum atomic E-state index is 12.6. The molecule has 2 aliphatic rings. The van der Waals surface area contributed by atoms with Gasteiger partial charge in [-0.1, -0.05) is 23.7 Å². The third-order valence-corrected chi connectivity index (χ3v) is 5.80. The highest BCUT2D eigenvalue weighted by atomic mass is 35.5. The number of nitrogens with zero attached hydrogens (tertiary/aromatic N) is 4. The van der Waals surface area contributed by atoms with E-state index in [1.807, 2.05) is 35.2 Å². The third-order valence-electron chi connectivity index (χ3n) is 5.60. The Hall–Kier alpha value is -2.67. The average Bonchev–Trinajstić information content (AvgIpc) is 3.19. The highest BCUT2D eigenvalue weighted by Gasteiger charge is 2.26. The maximum absolute atomic E-state index is 12.6. The molecule has 4 rings (SSSR count). The minimum Gasteiger partial charge on any atom is -0.355 e. The van der Waals surface area contributed by atoms with Crippen LogP contribution in [0.5, 0.6) is 0 Å². The van der Waals surface area contributed by atoms with Gasteiger partial charge in [0.15, 0.2) is 11.0 Å². The lowest BCUT2D eigenvalue weighted by Gasteiger charge is -2.31. The number of hydrogen-bond donors (Lipinski definition) is 1. The quantitative estimate of drug-likeness (QED) is 0.815. The summed E-state index contributed by atoms with van der Waals surface area (Å²) in [5.74, 6) is 1.07. The fourth-order valence-corrected chi connectivity index (χ4v) is 4.00. The van der Waals surface area contributed by atoms with Gasteiger partial charge in [-0.25, -0.2) is 0 Å². The smallest absolute Gasteiger partial charge is 0.227 e. The van der Waals surface area contributed by atoms with Crippen LogP contribution in [0.15, 0.2) is 36.4 Å². The van der Waals surface area contributed by atoms with Crippen molar-refractivity contribution in [3.05, 3.63) is 47.1 Å². The minimum atomic E-state index is 0.00741. The molecule has 0 aliphatic carbocycles. The zero-order valence-electron chi connectivity index (χ0n) is 16.2. The fraction of sp³-hybridized carbons (Fsp3) is 0.429. The summed E-state index contributed by atoms with van der Waals surface area (Å²) in [5.41, 5.74) is 1.96. The molecule has 7 nitrogen and oxygen atoms in total. The van der Waals surface area contributed by atoms with E-state index in [1.54, 1.807) is 6.07 Å². The van der Waals surface area contributed by atoms with Gasteiger partial charge in [-0.3, -0.25) is 9.59 Å². The number of piperidine rings is 1. The van der Waals surface area contributed by atoms with Crippen molar-refractivity contribution in [1.29, 1.82) is 0 Å². The van der Waals surface area contributed by atoms with Gasteiger partial charge < -0.3 is 15.1 Å². The molecule has 29 heavy (non-hydrogen) atoms. The third kappa shape index (κ3) is 4.67. The van der Waals surface area contributed by atoms with Crippen LogP contribution in [0.3, 0.4) is 0 Å². The zero-order valence-corrected chi connectivity index (χ0v) is 16.9. The Labute approximate surface area is 175 Å². The summed E-state index contributed by atoms with van der Waals surface area (Å²) in [4.78, 5) is 28.3. The van der Waals surface area contributed by atoms with Crippen molar-refractivity contribution in [1.82, 2.24) is 15.5 Å². The maximum Gasteiger partial charge on any atom is 0.227 e. The van der Waals surface area contributed by atoms with Crippen molar-refractivity contribution in [3.8, 4) is 0 Å². The molecule has 0 saturated carbocycles. The van der Waals surface area contributed by atoms with Gasteiger partial charge in [-0.2, -0.15) is 0 Å². The summed E-state index contributed by atoms with van der Waals surface area (Å²) in [6.07, 6.45) is 3.11. The SMILES string of the molecule is O=C(NCc1ccc(N2CCCC2=O)cc1)C1CCN(c2ccc(Cl)nn2)CC1. The molecule has 2 saturated heterocycles. The van der Waals surface area contributed by atoms with E-state index in [2.05, 4.69) is 20.4 Å². The highest BCUT2D eigenvalue weighted by molar-refractivity contribution is 6.29. The monoisotopic (exact) mass is 413 g/mol. The first kappa shape index (κ1) is 19.6. The molecule has 152 valence electrons. The van der Waals surface area contributed by atoms with Crippen LogP contribution in [0, 0.1) is 5.92 Å². The molecule has 0 bridgehead atoms. The summed E-state index contributed by atoms with van der Waals surface area (Å²) in [7, 11) is 0. The minimum absolute atomic E-state index is 0.00741. The van der Waals surface area contributed by atoms with Crippen molar-refractivity contribution >= 4 is 34.9 Å². The lowest BCUT2D eigenvalue weighted by atomic mass is 9.96. The van der Waals surface area contributed by atoms with E-state index in [9.17, 15) is 9.59 Å². The molecule has 2 fully saturated rings. The molecular formula is C21H24ClN5O2. The molecule has 0 atom stereocenters. The Balaban J connectivity index is 1.25. The lowest BCUT2D eigenvalue weighted by molar-refractivity contribution is -0.125. The summed E-state index contributed by atoms with van der Waals surface area (Å²) >= 11 is 5.79. The second-order valence-electron chi connectivity index (χ2n) is 7.51. The predicted molar refractivity (Wildman–Crippen MR) is 112 cm³/mol. The zero-order chi connectivity index (χ0) is 20.2. The van der Waals surface area contributed by atoms with E-state index in [1.165, 1.54) is 0 Å². The molecule has 3 heterocycles. The first-order valence-corrected chi connectivity index (χ1v) is 10.4. The van der Waals surface area contributed by atoms with Crippen molar-refractivity contribution in [2.24, 2.45) is 5.92 Å². The number of rotatable bonds is 5. The molecule has 2 aliphatic heterocycles. The number of hydrogen-bond acceptors (Lipinski definition) is 5. The number of amides is 2.